The van der Waals surface area contributed by atoms with Crippen LogP contribution in [-0.2, 0) is 12.5 Å². The molecule has 0 aromatic carbocycles. The molecule has 1 rings (SSSR count). The molecule has 1 aromatic rings. The Morgan fingerprint density at radius 2 is 2.21 bits per heavy atom. The van der Waals surface area contributed by atoms with Gasteiger partial charge >= 0.3 is 0 Å². The van der Waals surface area contributed by atoms with Crippen molar-refractivity contribution in [2.45, 2.75) is 25.8 Å². The molecule has 0 saturated heterocycles. The Labute approximate surface area is 85.5 Å². The van der Waals surface area contributed by atoms with Gasteiger partial charge in [-0.3, -0.25) is 4.98 Å². The minimum Gasteiger partial charge on any atom is -0.392 e. The molecule has 1 N–H and O–H groups in total. The Balaban J connectivity index is 3.31. The van der Waals surface area contributed by atoms with Crippen LogP contribution in [0.15, 0.2) is 6.20 Å². The number of pyridine rings is 1. The maximum absolute atomic E-state index is 12.6. The molecule has 0 atom stereocenters. The zero-order valence-corrected chi connectivity index (χ0v) is 8.35. The van der Waals surface area contributed by atoms with Crippen LogP contribution in [-0.4, -0.2) is 10.1 Å². The van der Waals surface area contributed by atoms with Gasteiger partial charge in [-0.1, -0.05) is 0 Å². The van der Waals surface area contributed by atoms with Gasteiger partial charge in [-0.25, -0.2) is 8.78 Å². The van der Waals surface area contributed by atoms with E-state index >= 15 is 0 Å². The minimum absolute atomic E-state index is 0.0945. The number of alkyl halides is 3. The topological polar surface area (TPSA) is 33.1 Å². The van der Waals surface area contributed by atoms with Crippen LogP contribution in [0.5, 0.6) is 0 Å². The third kappa shape index (κ3) is 2.01. The van der Waals surface area contributed by atoms with Crippen molar-refractivity contribution in [3.05, 3.63) is 28.6 Å². The van der Waals surface area contributed by atoms with Gasteiger partial charge in [0.05, 0.1) is 18.2 Å². The second kappa shape index (κ2) is 4.66. The Hall–Kier alpha value is -0.740. The van der Waals surface area contributed by atoms with E-state index in [0.29, 0.717) is 11.3 Å². The van der Waals surface area contributed by atoms with E-state index in [9.17, 15) is 8.78 Å². The Kier molecular flexibility index (Phi) is 3.77. The Morgan fingerprint density at radius 3 is 2.64 bits per heavy atom. The van der Waals surface area contributed by atoms with E-state index in [-0.39, 0.29) is 17.0 Å². The molecular weight excluding hydrogens is 212 g/mol. The summed E-state index contributed by atoms with van der Waals surface area (Å²) in [4.78, 5) is 3.89. The summed E-state index contributed by atoms with van der Waals surface area (Å²) >= 11 is 5.53. The van der Waals surface area contributed by atoms with Crippen molar-refractivity contribution >= 4 is 11.6 Å². The highest BCUT2D eigenvalue weighted by molar-refractivity contribution is 6.17. The molecule has 0 saturated carbocycles. The Morgan fingerprint density at radius 1 is 1.57 bits per heavy atom. The molecule has 0 aliphatic rings. The normalized spacial score (nSPS) is 11.0. The van der Waals surface area contributed by atoms with Crippen LogP contribution in [0.25, 0.3) is 0 Å². The predicted molar refractivity (Wildman–Crippen MR) is 49.4 cm³/mol. The van der Waals surface area contributed by atoms with Crippen molar-refractivity contribution in [1.82, 2.24) is 4.98 Å². The Bertz CT molecular complexity index is 331. The van der Waals surface area contributed by atoms with E-state index in [1.807, 2.05) is 0 Å². The summed E-state index contributed by atoms with van der Waals surface area (Å²) in [6.07, 6.45) is -1.37. The monoisotopic (exact) mass is 221 g/mol. The van der Waals surface area contributed by atoms with Crippen molar-refractivity contribution in [2.75, 3.05) is 0 Å². The average molecular weight is 222 g/mol. The van der Waals surface area contributed by atoms with Crippen molar-refractivity contribution < 1.29 is 13.9 Å². The summed E-state index contributed by atoms with van der Waals surface area (Å²) in [6, 6.07) is 0. The summed E-state index contributed by atoms with van der Waals surface area (Å²) in [5.41, 5.74) is 0.797. The first kappa shape index (κ1) is 11.3. The zero-order chi connectivity index (χ0) is 10.7. The van der Waals surface area contributed by atoms with Crippen molar-refractivity contribution in [1.29, 1.82) is 0 Å². The van der Waals surface area contributed by atoms with Crippen molar-refractivity contribution in [3.8, 4) is 0 Å². The van der Waals surface area contributed by atoms with Gasteiger partial charge in [0, 0.05) is 17.3 Å². The van der Waals surface area contributed by atoms with E-state index in [1.54, 1.807) is 0 Å². The second-order valence-electron chi connectivity index (χ2n) is 2.86. The van der Waals surface area contributed by atoms with Gasteiger partial charge in [0.1, 0.15) is 0 Å². The molecular formula is C9H10ClF2NO. The molecule has 0 spiro atoms. The van der Waals surface area contributed by atoms with Crippen LogP contribution in [0, 0.1) is 6.92 Å². The van der Waals surface area contributed by atoms with Crippen LogP contribution >= 0.6 is 11.6 Å². The lowest BCUT2D eigenvalue weighted by Crippen LogP contribution is -2.03. The lowest BCUT2D eigenvalue weighted by atomic mass is 10.0. The number of hydrogen-bond donors (Lipinski definition) is 1. The number of nitrogens with zero attached hydrogens (tertiary/aromatic N) is 1. The fourth-order valence-electron chi connectivity index (χ4n) is 1.28. The molecule has 5 heteroatoms. The summed E-state index contributed by atoms with van der Waals surface area (Å²) in [6.45, 7) is 1.10. The molecule has 0 bridgehead atoms. The predicted octanol–water partition coefficient (Wildman–Crippen LogP) is 2.56. The van der Waals surface area contributed by atoms with E-state index in [4.69, 9.17) is 16.7 Å². The van der Waals surface area contributed by atoms with Gasteiger partial charge in [-0.2, -0.15) is 0 Å². The SMILES string of the molecule is Cc1c(CCl)ncc(CO)c1C(F)F. The van der Waals surface area contributed by atoms with Gasteiger partial charge in [0.25, 0.3) is 6.43 Å². The van der Waals surface area contributed by atoms with Crippen LogP contribution < -0.4 is 0 Å². The van der Waals surface area contributed by atoms with Gasteiger partial charge < -0.3 is 5.11 Å². The number of aliphatic hydroxyl groups excluding tert-OH is 1. The molecule has 14 heavy (non-hydrogen) atoms. The number of aromatic nitrogens is 1. The number of aliphatic hydroxyl groups is 1. The van der Waals surface area contributed by atoms with E-state index in [1.165, 1.54) is 13.1 Å². The highest BCUT2D eigenvalue weighted by Gasteiger charge is 2.18. The molecule has 0 radical (unpaired) electrons. The minimum atomic E-state index is -2.61. The molecule has 2 nitrogen and oxygen atoms in total. The third-order valence-corrected chi connectivity index (χ3v) is 2.33. The molecule has 1 heterocycles. The standard InChI is InChI=1S/C9H10ClF2NO/c1-5-7(2-10)13-3-6(4-14)8(5)9(11)12/h3,9,14H,2,4H2,1H3. The summed E-state index contributed by atoms with van der Waals surface area (Å²) in [5, 5.41) is 8.85. The summed E-state index contributed by atoms with van der Waals surface area (Å²) in [7, 11) is 0. The quantitative estimate of drug-likeness (QED) is 0.796. The van der Waals surface area contributed by atoms with Crippen molar-refractivity contribution in [3.63, 3.8) is 0 Å². The summed E-state index contributed by atoms with van der Waals surface area (Å²) < 4.78 is 25.2. The van der Waals surface area contributed by atoms with Gasteiger partial charge in [0.2, 0.25) is 0 Å². The zero-order valence-electron chi connectivity index (χ0n) is 7.60. The fourth-order valence-corrected chi connectivity index (χ4v) is 1.55. The highest BCUT2D eigenvalue weighted by atomic mass is 35.5. The maximum atomic E-state index is 12.6. The molecule has 0 aliphatic heterocycles. The number of hydrogen-bond acceptors (Lipinski definition) is 2. The lowest BCUT2D eigenvalue weighted by molar-refractivity contribution is 0.146. The first-order chi connectivity index (χ1) is 6.61. The van der Waals surface area contributed by atoms with E-state index in [0.717, 1.165) is 0 Å². The smallest absolute Gasteiger partial charge is 0.264 e. The van der Waals surface area contributed by atoms with Crippen molar-refractivity contribution in [2.24, 2.45) is 0 Å². The van der Waals surface area contributed by atoms with E-state index in [2.05, 4.69) is 4.98 Å². The second-order valence-corrected chi connectivity index (χ2v) is 3.13. The number of halogens is 3. The van der Waals surface area contributed by atoms with Crippen LogP contribution in [0.1, 0.15) is 28.8 Å². The van der Waals surface area contributed by atoms with Gasteiger partial charge in [0.15, 0.2) is 0 Å². The largest absolute Gasteiger partial charge is 0.392 e. The molecule has 0 fully saturated rings. The molecule has 1 aromatic heterocycles. The average Bonchev–Trinajstić information content (AvgIpc) is 2.16. The van der Waals surface area contributed by atoms with Crippen LogP contribution in [0.4, 0.5) is 8.78 Å². The molecule has 0 unspecified atom stereocenters. The first-order valence-electron chi connectivity index (χ1n) is 4.04. The number of rotatable bonds is 3. The summed E-state index contributed by atoms with van der Waals surface area (Å²) in [5.74, 6) is 0.0945. The molecule has 0 aliphatic carbocycles. The van der Waals surface area contributed by atoms with Gasteiger partial charge in [-0.15, -0.1) is 11.6 Å². The van der Waals surface area contributed by atoms with E-state index < -0.39 is 13.0 Å². The van der Waals surface area contributed by atoms with Crippen LogP contribution in [0.2, 0.25) is 0 Å². The van der Waals surface area contributed by atoms with Crippen LogP contribution in [0.3, 0.4) is 0 Å². The maximum Gasteiger partial charge on any atom is 0.264 e. The molecule has 0 amide bonds. The molecule has 78 valence electrons. The fraction of sp³-hybridized carbons (Fsp3) is 0.444. The highest BCUT2D eigenvalue weighted by Crippen LogP contribution is 2.28. The third-order valence-electron chi connectivity index (χ3n) is 2.07. The van der Waals surface area contributed by atoms with Gasteiger partial charge in [-0.05, 0) is 12.5 Å². The lowest BCUT2D eigenvalue weighted by Gasteiger charge is -2.12. The first-order valence-corrected chi connectivity index (χ1v) is 4.57.